The molecular formula is C4H13ClN2O2S. The van der Waals surface area contributed by atoms with Crippen molar-refractivity contribution in [2.24, 2.45) is 5.14 Å². The third kappa shape index (κ3) is 4.05. The highest BCUT2D eigenvalue weighted by Crippen LogP contribution is 1.95. The van der Waals surface area contributed by atoms with E-state index in [0.29, 0.717) is 0 Å². The smallest absolute Gasteiger partial charge is 0.225 e. The number of nitrogens with two attached hydrogens (primary N) is 1. The second kappa shape index (κ2) is 4.12. The van der Waals surface area contributed by atoms with Crippen LogP contribution in [-0.2, 0) is 10.0 Å². The van der Waals surface area contributed by atoms with E-state index >= 15 is 0 Å². The minimum absolute atomic E-state index is 0. The standard InChI is InChI=1S/C4H12N2O2S.ClH/c1-4(6(2)3)9(5,7)8;/h4H,1-3H3,(H2,5,7,8);1H. The number of rotatable bonds is 2. The van der Waals surface area contributed by atoms with Crippen LogP contribution in [0.25, 0.3) is 0 Å². The predicted molar refractivity (Wildman–Crippen MR) is 43.5 cm³/mol. The number of nitrogens with zero attached hydrogens (tertiary/aromatic N) is 1. The Morgan fingerprint density at radius 1 is 1.40 bits per heavy atom. The lowest BCUT2D eigenvalue weighted by molar-refractivity contribution is 0.382. The zero-order valence-electron chi connectivity index (χ0n) is 6.23. The molecule has 0 rings (SSSR count). The summed E-state index contributed by atoms with van der Waals surface area (Å²) < 4.78 is 21.0. The van der Waals surface area contributed by atoms with E-state index in [1.54, 1.807) is 14.1 Å². The summed E-state index contributed by atoms with van der Waals surface area (Å²) in [5.74, 6) is 0. The molecule has 0 fully saturated rings. The Balaban J connectivity index is 0. The largest absolute Gasteiger partial charge is 0.293 e. The van der Waals surface area contributed by atoms with Crippen LogP contribution >= 0.6 is 12.4 Å². The Hall–Kier alpha value is 0.160. The fourth-order valence-corrected chi connectivity index (χ4v) is 0.882. The maximum atomic E-state index is 10.5. The molecule has 0 aliphatic carbocycles. The van der Waals surface area contributed by atoms with Crippen molar-refractivity contribution < 1.29 is 8.42 Å². The summed E-state index contributed by atoms with van der Waals surface area (Å²) in [4.78, 5) is 1.54. The first-order valence-electron chi connectivity index (χ1n) is 2.53. The van der Waals surface area contributed by atoms with E-state index in [0.717, 1.165) is 0 Å². The molecule has 64 valence electrons. The van der Waals surface area contributed by atoms with Crippen molar-refractivity contribution in [1.29, 1.82) is 0 Å². The van der Waals surface area contributed by atoms with Gasteiger partial charge in [0.1, 0.15) is 5.37 Å². The van der Waals surface area contributed by atoms with Crippen LogP contribution in [0.3, 0.4) is 0 Å². The fourth-order valence-electron chi connectivity index (χ4n) is 0.294. The number of hydrogen-bond acceptors (Lipinski definition) is 3. The van der Waals surface area contributed by atoms with E-state index in [9.17, 15) is 8.42 Å². The van der Waals surface area contributed by atoms with Crippen molar-refractivity contribution in [1.82, 2.24) is 4.90 Å². The molecule has 0 aromatic heterocycles. The third-order valence-electron chi connectivity index (χ3n) is 1.20. The Bertz CT molecular complexity index is 178. The van der Waals surface area contributed by atoms with Crippen LogP contribution in [0.2, 0.25) is 0 Å². The molecule has 0 bridgehead atoms. The molecule has 0 heterocycles. The zero-order valence-corrected chi connectivity index (χ0v) is 7.87. The molecule has 1 atom stereocenters. The Kier molecular flexibility index (Phi) is 5.28. The van der Waals surface area contributed by atoms with E-state index in [2.05, 4.69) is 0 Å². The Morgan fingerprint density at radius 3 is 1.70 bits per heavy atom. The molecular weight excluding hydrogens is 176 g/mol. The van der Waals surface area contributed by atoms with Crippen LogP contribution in [0, 0.1) is 0 Å². The Labute approximate surface area is 67.8 Å². The molecule has 0 amide bonds. The van der Waals surface area contributed by atoms with E-state index in [1.165, 1.54) is 11.8 Å². The molecule has 1 unspecified atom stereocenters. The van der Waals surface area contributed by atoms with Crippen molar-refractivity contribution in [2.45, 2.75) is 12.3 Å². The molecule has 0 saturated heterocycles. The van der Waals surface area contributed by atoms with E-state index in [-0.39, 0.29) is 12.4 Å². The van der Waals surface area contributed by atoms with Gasteiger partial charge in [0.25, 0.3) is 0 Å². The topological polar surface area (TPSA) is 63.4 Å². The summed E-state index contributed by atoms with van der Waals surface area (Å²) in [6.07, 6.45) is 0. The van der Waals surface area contributed by atoms with Gasteiger partial charge < -0.3 is 0 Å². The molecule has 0 spiro atoms. The normalized spacial score (nSPS) is 14.5. The highest BCUT2D eigenvalue weighted by atomic mass is 35.5. The van der Waals surface area contributed by atoms with Crippen LogP contribution in [0.15, 0.2) is 0 Å². The zero-order chi connectivity index (χ0) is 7.65. The summed E-state index contributed by atoms with van der Waals surface area (Å²) in [5.41, 5.74) is 0. The van der Waals surface area contributed by atoms with Crippen molar-refractivity contribution in [3.63, 3.8) is 0 Å². The first-order chi connectivity index (χ1) is 3.85. The van der Waals surface area contributed by atoms with Gasteiger partial charge in [-0.1, -0.05) is 0 Å². The van der Waals surface area contributed by atoms with E-state index in [4.69, 9.17) is 5.14 Å². The van der Waals surface area contributed by atoms with Crippen LogP contribution < -0.4 is 5.14 Å². The van der Waals surface area contributed by atoms with Gasteiger partial charge in [-0.2, -0.15) is 0 Å². The number of sulfonamides is 1. The van der Waals surface area contributed by atoms with Gasteiger partial charge in [0, 0.05) is 0 Å². The molecule has 0 aromatic carbocycles. The third-order valence-corrected chi connectivity index (χ3v) is 2.58. The number of primary sulfonamides is 1. The van der Waals surface area contributed by atoms with Gasteiger partial charge in [-0.05, 0) is 21.0 Å². The predicted octanol–water partition coefficient (Wildman–Crippen LogP) is -0.396. The SMILES string of the molecule is CC(N(C)C)S(N)(=O)=O.Cl. The van der Waals surface area contributed by atoms with Crippen molar-refractivity contribution in [3.8, 4) is 0 Å². The average Bonchev–Trinajstić information content (AvgIpc) is 1.62. The van der Waals surface area contributed by atoms with Crippen molar-refractivity contribution in [2.75, 3.05) is 14.1 Å². The van der Waals surface area contributed by atoms with Gasteiger partial charge >= 0.3 is 0 Å². The van der Waals surface area contributed by atoms with Gasteiger partial charge in [-0.3, -0.25) is 4.90 Å². The maximum Gasteiger partial charge on any atom is 0.225 e. The van der Waals surface area contributed by atoms with Gasteiger partial charge in [0.15, 0.2) is 0 Å². The minimum Gasteiger partial charge on any atom is -0.293 e. The minimum atomic E-state index is -3.38. The summed E-state index contributed by atoms with van der Waals surface area (Å²) in [5, 5.41) is 4.21. The molecule has 0 aromatic rings. The first kappa shape index (κ1) is 12.8. The highest BCUT2D eigenvalue weighted by Gasteiger charge is 2.16. The van der Waals surface area contributed by atoms with Crippen LogP contribution in [0.4, 0.5) is 0 Å². The molecule has 0 aliphatic rings. The molecule has 4 nitrogen and oxygen atoms in total. The van der Waals surface area contributed by atoms with Gasteiger partial charge in [0.05, 0.1) is 0 Å². The number of halogens is 1. The van der Waals surface area contributed by atoms with E-state index in [1.807, 2.05) is 0 Å². The van der Waals surface area contributed by atoms with Gasteiger partial charge in [-0.15, -0.1) is 12.4 Å². The summed E-state index contributed by atoms with van der Waals surface area (Å²) in [6, 6.07) is 0. The summed E-state index contributed by atoms with van der Waals surface area (Å²) >= 11 is 0. The monoisotopic (exact) mass is 188 g/mol. The summed E-state index contributed by atoms with van der Waals surface area (Å²) in [7, 11) is -0.0526. The maximum absolute atomic E-state index is 10.5. The van der Waals surface area contributed by atoms with Crippen molar-refractivity contribution in [3.05, 3.63) is 0 Å². The molecule has 10 heavy (non-hydrogen) atoms. The average molecular weight is 189 g/mol. The number of hydrogen-bond donors (Lipinski definition) is 1. The quantitative estimate of drug-likeness (QED) is 0.642. The molecule has 0 aliphatic heterocycles. The highest BCUT2D eigenvalue weighted by molar-refractivity contribution is 7.89. The van der Waals surface area contributed by atoms with Crippen LogP contribution in [0.1, 0.15) is 6.92 Å². The van der Waals surface area contributed by atoms with Gasteiger partial charge in [0.2, 0.25) is 10.0 Å². The molecule has 2 N–H and O–H groups in total. The molecule has 6 heteroatoms. The Morgan fingerprint density at radius 2 is 1.70 bits per heavy atom. The lowest BCUT2D eigenvalue weighted by Crippen LogP contribution is -2.37. The lowest BCUT2D eigenvalue weighted by Gasteiger charge is -2.16. The second-order valence-electron chi connectivity index (χ2n) is 2.15. The van der Waals surface area contributed by atoms with Gasteiger partial charge in [-0.25, -0.2) is 13.6 Å². The van der Waals surface area contributed by atoms with Crippen molar-refractivity contribution >= 4 is 22.4 Å². The molecule has 0 radical (unpaired) electrons. The first-order valence-corrected chi connectivity index (χ1v) is 4.14. The fraction of sp³-hybridized carbons (Fsp3) is 1.00. The second-order valence-corrected chi connectivity index (χ2v) is 4.01. The van der Waals surface area contributed by atoms with Crippen LogP contribution in [-0.4, -0.2) is 32.8 Å². The van der Waals surface area contributed by atoms with E-state index < -0.39 is 15.4 Å². The molecule has 0 saturated carbocycles. The van der Waals surface area contributed by atoms with Crippen LogP contribution in [0.5, 0.6) is 0 Å². The lowest BCUT2D eigenvalue weighted by atomic mass is 10.7. The summed E-state index contributed by atoms with van der Waals surface area (Å²) in [6.45, 7) is 1.54.